The summed E-state index contributed by atoms with van der Waals surface area (Å²) in [7, 11) is 0. The van der Waals surface area contributed by atoms with Crippen LogP contribution in [0.3, 0.4) is 0 Å². The lowest BCUT2D eigenvalue weighted by molar-refractivity contribution is -0.128. The molecule has 1 aliphatic rings. The van der Waals surface area contributed by atoms with Crippen LogP contribution in [0.4, 0.5) is 4.39 Å². The summed E-state index contributed by atoms with van der Waals surface area (Å²) in [6.45, 7) is 0.342. The molecule has 0 saturated carbocycles. The number of halogens is 1. The molecule has 1 aliphatic heterocycles. The second-order valence-electron chi connectivity index (χ2n) is 5.39. The molecule has 1 saturated heterocycles. The van der Waals surface area contributed by atoms with E-state index in [1.54, 1.807) is 0 Å². The Morgan fingerprint density at radius 2 is 2.13 bits per heavy atom. The average Bonchev–Trinajstić information content (AvgIpc) is 3.01. The van der Waals surface area contributed by atoms with Gasteiger partial charge in [0.05, 0.1) is 11.9 Å². The molecule has 0 aliphatic carbocycles. The van der Waals surface area contributed by atoms with Gasteiger partial charge >= 0.3 is 0 Å². The number of primary amides is 1. The maximum Gasteiger partial charge on any atom is 0.255 e. The monoisotopic (exact) mass is 314 g/mol. The van der Waals surface area contributed by atoms with Crippen molar-refractivity contribution in [1.29, 1.82) is 0 Å². The molecule has 1 atom stereocenters. The predicted octanol–water partition coefficient (Wildman–Crippen LogP) is 1.23. The number of rotatable bonds is 3. The van der Waals surface area contributed by atoms with Crippen LogP contribution in [0.25, 0.3) is 0 Å². The molecule has 2 amide bonds. The van der Waals surface area contributed by atoms with Crippen molar-refractivity contribution < 1.29 is 14.0 Å². The summed E-state index contributed by atoms with van der Waals surface area (Å²) in [5.41, 5.74) is 4.77. The fourth-order valence-electron chi connectivity index (χ4n) is 3.03. The molecule has 1 fully saturated rings. The minimum atomic E-state index is -1.35. The second kappa shape index (κ2) is 5.75. The first kappa shape index (κ1) is 15.1. The molecule has 0 bridgehead atoms. The van der Waals surface area contributed by atoms with Crippen molar-refractivity contribution in [2.24, 2.45) is 5.73 Å². The highest BCUT2D eigenvalue weighted by Crippen LogP contribution is 2.38. The number of nitrogens with two attached hydrogens (primary N) is 1. The third-order valence-electron chi connectivity index (χ3n) is 4.09. The normalized spacial score (nSPS) is 20.5. The van der Waals surface area contributed by atoms with Gasteiger partial charge in [-0.25, -0.2) is 4.39 Å². The van der Waals surface area contributed by atoms with Crippen molar-refractivity contribution in [3.8, 4) is 0 Å². The van der Waals surface area contributed by atoms with Crippen LogP contribution < -0.4 is 5.73 Å². The Labute approximate surface area is 132 Å². The topological polar surface area (TPSA) is 89.2 Å². The maximum absolute atomic E-state index is 13.4. The van der Waals surface area contributed by atoms with Gasteiger partial charge in [-0.05, 0) is 31.0 Å². The smallest absolute Gasteiger partial charge is 0.255 e. The van der Waals surface area contributed by atoms with Gasteiger partial charge in [-0.1, -0.05) is 6.07 Å². The molecule has 23 heavy (non-hydrogen) atoms. The van der Waals surface area contributed by atoms with E-state index in [2.05, 4.69) is 9.97 Å². The Kier molecular flexibility index (Phi) is 3.77. The van der Waals surface area contributed by atoms with Crippen LogP contribution in [0, 0.1) is 5.82 Å². The Bertz CT molecular complexity index is 753. The summed E-state index contributed by atoms with van der Waals surface area (Å²) < 4.78 is 13.4. The second-order valence-corrected chi connectivity index (χ2v) is 5.39. The summed E-state index contributed by atoms with van der Waals surface area (Å²) in [6.07, 6.45) is 5.32. The largest absolute Gasteiger partial charge is 0.367 e. The number of carbonyl (C=O) groups is 2. The lowest BCUT2D eigenvalue weighted by Crippen LogP contribution is -2.54. The number of hydrogen-bond acceptors (Lipinski definition) is 4. The van der Waals surface area contributed by atoms with Gasteiger partial charge in [0.15, 0.2) is 5.54 Å². The minimum Gasteiger partial charge on any atom is -0.367 e. The summed E-state index contributed by atoms with van der Waals surface area (Å²) in [4.78, 5) is 34.5. The number of carbonyl (C=O) groups excluding carboxylic acids is 2. The number of aromatic nitrogens is 2. The summed E-state index contributed by atoms with van der Waals surface area (Å²) in [5, 5.41) is 0. The Morgan fingerprint density at radius 1 is 1.30 bits per heavy atom. The Hall–Kier alpha value is -2.83. The van der Waals surface area contributed by atoms with Gasteiger partial charge in [0.1, 0.15) is 5.82 Å². The molecule has 3 rings (SSSR count). The van der Waals surface area contributed by atoms with Crippen molar-refractivity contribution in [1.82, 2.24) is 14.9 Å². The van der Waals surface area contributed by atoms with Crippen molar-refractivity contribution >= 4 is 11.8 Å². The van der Waals surface area contributed by atoms with Crippen molar-refractivity contribution in [2.75, 3.05) is 6.54 Å². The summed E-state index contributed by atoms with van der Waals surface area (Å²) in [5.74, 6) is -1.63. The van der Waals surface area contributed by atoms with Gasteiger partial charge in [-0.3, -0.25) is 19.6 Å². The fourth-order valence-corrected chi connectivity index (χ4v) is 3.03. The zero-order chi connectivity index (χ0) is 16.4. The number of hydrogen-bond donors (Lipinski definition) is 1. The van der Waals surface area contributed by atoms with Gasteiger partial charge in [0.25, 0.3) is 5.91 Å². The maximum atomic E-state index is 13.4. The van der Waals surface area contributed by atoms with Gasteiger partial charge in [-0.15, -0.1) is 0 Å². The minimum absolute atomic E-state index is 0.168. The van der Waals surface area contributed by atoms with E-state index in [-0.39, 0.29) is 5.56 Å². The zero-order valence-corrected chi connectivity index (χ0v) is 12.3. The quantitative estimate of drug-likeness (QED) is 0.923. The molecular formula is C16H15FN4O2. The van der Waals surface area contributed by atoms with E-state index in [0.29, 0.717) is 25.1 Å². The predicted molar refractivity (Wildman–Crippen MR) is 79.6 cm³/mol. The van der Waals surface area contributed by atoms with Gasteiger partial charge in [0.2, 0.25) is 5.91 Å². The van der Waals surface area contributed by atoms with Crippen LogP contribution in [-0.4, -0.2) is 33.2 Å². The van der Waals surface area contributed by atoms with E-state index >= 15 is 0 Å². The molecule has 7 heteroatoms. The third-order valence-corrected chi connectivity index (χ3v) is 4.09. The SMILES string of the molecule is NC(=O)[C@]1(c2cnccn2)CCCN1C(=O)c1cccc(F)c1. The van der Waals surface area contributed by atoms with Crippen molar-refractivity contribution in [3.05, 3.63) is 59.9 Å². The first-order valence-electron chi connectivity index (χ1n) is 7.19. The van der Waals surface area contributed by atoms with Crippen LogP contribution in [0.15, 0.2) is 42.9 Å². The lowest BCUT2D eigenvalue weighted by atomic mass is 9.90. The molecule has 0 radical (unpaired) electrons. The standard InChI is InChI=1S/C16H15FN4O2/c17-12-4-1-3-11(9-12)14(22)21-8-2-5-16(21,15(18)23)13-10-19-6-7-20-13/h1,3-4,6-7,9-10H,2,5,8H2,(H2,18,23)/t16-/m1/s1. The average molecular weight is 314 g/mol. The lowest BCUT2D eigenvalue weighted by Gasteiger charge is -2.35. The molecular weight excluding hydrogens is 299 g/mol. The molecule has 118 valence electrons. The van der Waals surface area contributed by atoms with Crippen LogP contribution >= 0.6 is 0 Å². The molecule has 0 spiro atoms. The highest BCUT2D eigenvalue weighted by Gasteiger charge is 2.51. The van der Waals surface area contributed by atoms with E-state index in [1.165, 1.54) is 41.7 Å². The number of nitrogens with zero attached hydrogens (tertiary/aromatic N) is 3. The van der Waals surface area contributed by atoms with E-state index < -0.39 is 23.2 Å². The van der Waals surface area contributed by atoms with Crippen molar-refractivity contribution in [2.45, 2.75) is 18.4 Å². The van der Waals surface area contributed by atoms with E-state index in [1.807, 2.05) is 0 Å². The molecule has 6 nitrogen and oxygen atoms in total. The molecule has 1 aromatic heterocycles. The van der Waals surface area contributed by atoms with Gasteiger partial charge < -0.3 is 10.6 Å². The molecule has 2 N–H and O–H groups in total. The van der Waals surface area contributed by atoms with E-state index in [0.717, 1.165) is 6.07 Å². The molecule has 2 aromatic rings. The summed E-state index contributed by atoms with van der Waals surface area (Å²) in [6, 6.07) is 5.35. The van der Waals surface area contributed by atoms with Gasteiger partial charge in [0, 0.05) is 24.5 Å². The first-order valence-corrected chi connectivity index (χ1v) is 7.19. The number of benzene rings is 1. The highest BCUT2D eigenvalue weighted by molar-refractivity contribution is 5.99. The Morgan fingerprint density at radius 3 is 2.78 bits per heavy atom. The van der Waals surface area contributed by atoms with Crippen LogP contribution in [0.5, 0.6) is 0 Å². The van der Waals surface area contributed by atoms with Gasteiger partial charge in [-0.2, -0.15) is 0 Å². The first-order chi connectivity index (χ1) is 11.1. The highest BCUT2D eigenvalue weighted by atomic mass is 19.1. The Balaban J connectivity index is 2.07. The number of likely N-dealkylation sites (tertiary alicyclic amines) is 1. The summed E-state index contributed by atoms with van der Waals surface area (Å²) >= 11 is 0. The van der Waals surface area contributed by atoms with E-state index in [9.17, 15) is 14.0 Å². The molecule has 2 heterocycles. The van der Waals surface area contributed by atoms with Crippen LogP contribution in [-0.2, 0) is 10.3 Å². The zero-order valence-electron chi connectivity index (χ0n) is 12.3. The van der Waals surface area contributed by atoms with Crippen LogP contribution in [0.2, 0.25) is 0 Å². The third kappa shape index (κ3) is 2.44. The molecule has 1 aromatic carbocycles. The van der Waals surface area contributed by atoms with E-state index in [4.69, 9.17) is 5.73 Å². The fraction of sp³-hybridized carbons (Fsp3) is 0.250. The number of amides is 2. The molecule has 0 unspecified atom stereocenters. The van der Waals surface area contributed by atoms with Crippen LogP contribution in [0.1, 0.15) is 28.9 Å². The van der Waals surface area contributed by atoms with Crippen molar-refractivity contribution in [3.63, 3.8) is 0 Å².